The van der Waals surface area contributed by atoms with Crippen molar-refractivity contribution in [2.45, 2.75) is 70.8 Å². The Labute approximate surface area is 117 Å². The van der Waals surface area contributed by atoms with Gasteiger partial charge in [-0.25, -0.2) is 0 Å². The highest BCUT2D eigenvalue weighted by molar-refractivity contribution is 5.26. The minimum Gasteiger partial charge on any atom is -0.393 e. The molecule has 1 N–H and O–H groups in total. The van der Waals surface area contributed by atoms with Gasteiger partial charge in [-0.2, -0.15) is 0 Å². The van der Waals surface area contributed by atoms with Gasteiger partial charge in [0.25, 0.3) is 0 Å². The number of rotatable bonds is 0. The fourth-order valence-electron chi connectivity index (χ4n) is 6.14. The average Bonchev–Trinajstić information content (AvgIpc) is 2.80. The summed E-state index contributed by atoms with van der Waals surface area (Å²) in [4.78, 5) is 0. The lowest BCUT2D eigenvalue weighted by atomic mass is 9.58. The summed E-state index contributed by atoms with van der Waals surface area (Å²) in [7, 11) is 0. The van der Waals surface area contributed by atoms with Crippen LogP contribution in [0.5, 0.6) is 0 Å². The predicted octanol–water partition coefficient (Wildman–Crippen LogP) is 4.31. The summed E-state index contributed by atoms with van der Waals surface area (Å²) in [5.41, 5.74) is 3.49. The van der Waals surface area contributed by atoms with E-state index in [2.05, 4.69) is 6.92 Å². The van der Waals surface area contributed by atoms with E-state index in [0.29, 0.717) is 0 Å². The van der Waals surface area contributed by atoms with Crippen molar-refractivity contribution < 1.29 is 5.11 Å². The summed E-state index contributed by atoms with van der Waals surface area (Å²) in [6.45, 7) is 2.50. The topological polar surface area (TPSA) is 20.2 Å². The van der Waals surface area contributed by atoms with Gasteiger partial charge in [-0.05, 0) is 81.0 Å². The Balaban J connectivity index is 1.60. The van der Waals surface area contributed by atoms with E-state index in [0.717, 1.165) is 42.4 Å². The molecule has 4 rings (SSSR count). The summed E-state index contributed by atoms with van der Waals surface area (Å²) >= 11 is 0. The van der Waals surface area contributed by atoms with Gasteiger partial charge in [0, 0.05) is 0 Å². The molecule has 1 heteroatoms. The van der Waals surface area contributed by atoms with Crippen LogP contribution in [0.25, 0.3) is 0 Å². The van der Waals surface area contributed by atoms with Crippen LogP contribution in [0.4, 0.5) is 0 Å². The fraction of sp³-hybridized carbons (Fsp3) is 0.889. The Morgan fingerprint density at radius 3 is 2.58 bits per heavy atom. The second kappa shape index (κ2) is 4.62. The van der Waals surface area contributed by atoms with Crippen LogP contribution < -0.4 is 0 Å². The molecule has 0 aromatic carbocycles. The molecule has 1 nitrogen and oxygen atoms in total. The van der Waals surface area contributed by atoms with E-state index in [-0.39, 0.29) is 6.10 Å². The molecule has 19 heavy (non-hydrogen) atoms. The summed E-state index contributed by atoms with van der Waals surface area (Å²) in [6, 6.07) is 0. The predicted molar refractivity (Wildman–Crippen MR) is 77.7 cm³/mol. The molecule has 0 bridgehead atoms. The summed E-state index contributed by atoms with van der Waals surface area (Å²) in [5.74, 6) is 5.03. The second-order valence-corrected chi connectivity index (χ2v) is 7.79. The lowest BCUT2D eigenvalue weighted by Crippen LogP contribution is -2.38. The van der Waals surface area contributed by atoms with E-state index in [1.165, 1.54) is 44.9 Å². The quantitative estimate of drug-likeness (QED) is 0.643. The van der Waals surface area contributed by atoms with Crippen molar-refractivity contribution in [2.24, 2.45) is 29.6 Å². The largest absolute Gasteiger partial charge is 0.393 e. The third kappa shape index (κ3) is 1.92. The molecule has 0 aromatic heterocycles. The number of hydrogen-bond acceptors (Lipinski definition) is 1. The first-order chi connectivity index (χ1) is 9.24. The number of aliphatic hydroxyl groups excluding tert-OH is 1. The van der Waals surface area contributed by atoms with Crippen LogP contribution in [0.15, 0.2) is 11.1 Å². The zero-order chi connectivity index (χ0) is 13.0. The smallest absolute Gasteiger partial charge is 0.0580 e. The zero-order valence-electron chi connectivity index (χ0n) is 12.3. The van der Waals surface area contributed by atoms with Crippen LogP contribution in [0, 0.1) is 29.6 Å². The Morgan fingerprint density at radius 1 is 0.842 bits per heavy atom. The van der Waals surface area contributed by atoms with Crippen LogP contribution in [0.1, 0.15) is 64.7 Å². The molecule has 2 fully saturated rings. The Hall–Kier alpha value is -0.300. The third-order valence-electron chi connectivity index (χ3n) is 7.02. The monoisotopic (exact) mass is 260 g/mol. The Morgan fingerprint density at radius 2 is 1.68 bits per heavy atom. The Bertz CT molecular complexity index is 396. The molecule has 2 saturated carbocycles. The van der Waals surface area contributed by atoms with E-state index < -0.39 is 0 Å². The highest BCUT2D eigenvalue weighted by Crippen LogP contribution is 2.57. The number of fused-ring (bicyclic) bond motifs is 4. The van der Waals surface area contributed by atoms with Crippen molar-refractivity contribution in [3.63, 3.8) is 0 Å². The lowest BCUT2D eigenvalue weighted by Gasteiger charge is -2.47. The summed E-state index contributed by atoms with van der Waals surface area (Å²) in [5, 5.41) is 9.89. The molecule has 0 radical (unpaired) electrons. The molecule has 0 aromatic rings. The normalized spacial score (nSPS) is 49.6. The maximum Gasteiger partial charge on any atom is 0.0580 e. The molecule has 5 unspecified atom stereocenters. The molecule has 6 atom stereocenters. The minimum atomic E-state index is -0.0295. The lowest BCUT2D eigenvalue weighted by molar-refractivity contribution is 0.0843. The van der Waals surface area contributed by atoms with E-state index in [9.17, 15) is 5.11 Å². The maximum absolute atomic E-state index is 9.89. The standard InChI is InChI=1S/C18H28O/c1-11-2-5-16-14(11)8-9-17-15-7-4-13(19)10-12(15)3-6-18(16)17/h11,13-14,16-19H,2-10H2,1H3/t11?,13?,14-,16?,17?,18?/m0/s1. The molecular weight excluding hydrogens is 232 g/mol. The van der Waals surface area contributed by atoms with E-state index >= 15 is 0 Å². The van der Waals surface area contributed by atoms with Crippen LogP contribution >= 0.6 is 0 Å². The SMILES string of the molecule is CC1CCC2C3CCC4=C(CCC(O)C4)C3CC[C@@H]12. The van der Waals surface area contributed by atoms with Gasteiger partial charge in [0.2, 0.25) is 0 Å². The summed E-state index contributed by atoms with van der Waals surface area (Å²) in [6.07, 6.45) is 11.9. The van der Waals surface area contributed by atoms with E-state index in [4.69, 9.17) is 0 Å². The van der Waals surface area contributed by atoms with Gasteiger partial charge in [0.1, 0.15) is 0 Å². The van der Waals surface area contributed by atoms with Gasteiger partial charge in [0.15, 0.2) is 0 Å². The fourth-order valence-corrected chi connectivity index (χ4v) is 6.14. The molecule has 0 amide bonds. The number of hydrogen-bond donors (Lipinski definition) is 1. The van der Waals surface area contributed by atoms with Gasteiger partial charge in [-0.15, -0.1) is 0 Å². The van der Waals surface area contributed by atoms with Crippen LogP contribution in [-0.2, 0) is 0 Å². The van der Waals surface area contributed by atoms with Crippen molar-refractivity contribution in [3.8, 4) is 0 Å². The first-order valence-corrected chi connectivity index (χ1v) is 8.63. The second-order valence-electron chi connectivity index (χ2n) is 7.79. The van der Waals surface area contributed by atoms with Crippen LogP contribution in [0.3, 0.4) is 0 Å². The van der Waals surface area contributed by atoms with Crippen molar-refractivity contribution in [3.05, 3.63) is 11.1 Å². The molecule has 0 saturated heterocycles. The van der Waals surface area contributed by atoms with Crippen molar-refractivity contribution >= 4 is 0 Å². The van der Waals surface area contributed by atoms with Gasteiger partial charge >= 0.3 is 0 Å². The minimum absolute atomic E-state index is 0.0295. The zero-order valence-corrected chi connectivity index (χ0v) is 12.3. The van der Waals surface area contributed by atoms with Gasteiger partial charge < -0.3 is 5.11 Å². The first-order valence-electron chi connectivity index (χ1n) is 8.63. The number of aliphatic hydroxyl groups is 1. The van der Waals surface area contributed by atoms with Gasteiger partial charge in [-0.3, -0.25) is 0 Å². The highest BCUT2D eigenvalue weighted by Gasteiger charge is 2.47. The molecular formula is C18H28O. The van der Waals surface area contributed by atoms with Gasteiger partial charge in [0.05, 0.1) is 6.10 Å². The Kier molecular flexibility index (Phi) is 3.02. The average molecular weight is 260 g/mol. The molecule has 0 spiro atoms. The van der Waals surface area contributed by atoms with E-state index in [1.807, 2.05) is 5.57 Å². The maximum atomic E-state index is 9.89. The highest BCUT2D eigenvalue weighted by atomic mass is 16.3. The van der Waals surface area contributed by atoms with Crippen LogP contribution in [-0.4, -0.2) is 11.2 Å². The van der Waals surface area contributed by atoms with Crippen molar-refractivity contribution in [2.75, 3.05) is 0 Å². The van der Waals surface area contributed by atoms with E-state index in [1.54, 1.807) is 5.57 Å². The van der Waals surface area contributed by atoms with Crippen LogP contribution in [0.2, 0.25) is 0 Å². The first kappa shape index (κ1) is 12.4. The summed E-state index contributed by atoms with van der Waals surface area (Å²) < 4.78 is 0. The third-order valence-corrected chi connectivity index (χ3v) is 7.02. The van der Waals surface area contributed by atoms with Gasteiger partial charge in [-0.1, -0.05) is 24.5 Å². The molecule has 106 valence electrons. The molecule has 4 aliphatic carbocycles. The molecule has 0 heterocycles. The molecule has 0 aliphatic heterocycles. The number of allylic oxidation sites excluding steroid dienone is 1. The molecule has 4 aliphatic rings. The van der Waals surface area contributed by atoms with Crippen molar-refractivity contribution in [1.29, 1.82) is 0 Å². The van der Waals surface area contributed by atoms with Crippen molar-refractivity contribution in [1.82, 2.24) is 0 Å².